The Morgan fingerprint density at radius 2 is 1.73 bits per heavy atom. The number of rotatable bonds is 8. The summed E-state index contributed by atoms with van der Waals surface area (Å²) < 4.78 is 0. The minimum Gasteiger partial charge on any atom is -0.372 e. The number of piperazine rings is 1. The summed E-state index contributed by atoms with van der Waals surface area (Å²) in [5.41, 5.74) is 8.17. The van der Waals surface area contributed by atoms with Crippen molar-refractivity contribution >= 4 is 40.1 Å². The highest BCUT2D eigenvalue weighted by atomic mass is 35.5. The molecule has 2 heterocycles. The zero-order chi connectivity index (χ0) is 26.9. The van der Waals surface area contributed by atoms with Gasteiger partial charge in [-0.1, -0.05) is 76.2 Å². The van der Waals surface area contributed by atoms with Gasteiger partial charge in [-0.3, -0.25) is 4.99 Å². The summed E-state index contributed by atoms with van der Waals surface area (Å²) >= 11 is 6.69. The smallest absolute Gasteiger partial charge is 0.0731 e. The van der Waals surface area contributed by atoms with Crippen LogP contribution in [0.5, 0.6) is 0 Å². The Labute approximate surface area is 228 Å². The van der Waals surface area contributed by atoms with Crippen LogP contribution in [-0.2, 0) is 0 Å². The molecular weight excluding hydrogens is 476 g/mol. The number of halogens is 1. The first kappa shape index (κ1) is 28.5. The van der Waals surface area contributed by atoms with E-state index in [0.29, 0.717) is 5.02 Å². The summed E-state index contributed by atoms with van der Waals surface area (Å²) in [5, 5.41) is 1.64. The molecule has 0 N–H and O–H groups in total. The molecule has 1 aromatic heterocycles. The van der Waals surface area contributed by atoms with Crippen molar-refractivity contribution < 1.29 is 0 Å². The number of allylic oxidation sites excluding steroid dienone is 1. The molecule has 0 atom stereocenters. The molecule has 1 aliphatic heterocycles. The molecule has 37 heavy (non-hydrogen) atoms. The second-order valence-corrected chi connectivity index (χ2v) is 9.61. The summed E-state index contributed by atoms with van der Waals surface area (Å²) in [4.78, 5) is 14.2. The van der Waals surface area contributed by atoms with Gasteiger partial charge in [-0.25, -0.2) is 4.98 Å². The van der Waals surface area contributed by atoms with Crippen LogP contribution in [0.1, 0.15) is 58.1 Å². The van der Waals surface area contributed by atoms with Crippen molar-refractivity contribution in [3.8, 4) is 11.3 Å². The van der Waals surface area contributed by atoms with Gasteiger partial charge in [0.15, 0.2) is 0 Å². The Kier molecular flexibility index (Phi) is 10.3. The van der Waals surface area contributed by atoms with Crippen molar-refractivity contribution in [3.63, 3.8) is 0 Å². The van der Waals surface area contributed by atoms with Crippen molar-refractivity contribution in [2.45, 2.75) is 53.9 Å². The molecule has 1 fully saturated rings. The minimum atomic E-state index is 0.697. The molecule has 1 aliphatic rings. The highest BCUT2D eigenvalue weighted by Gasteiger charge is 2.20. The molecule has 0 amide bonds. The lowest BCUT2D eigenvalue weighted by Crippen LogP contribution is -2.44. The Morgan fingerprint density at radius 1 is 1.03 bits per heavy atom. The Bertz CT molecular complexity index is 1270. The Balaban J connectivity index is 0.00000186. The highest BCUT2D eigenvalue weighted by Crippen LogP contribution is 2.33. The van der Waals surface area contributed by atoms with Crippen LogP contribution in [0.4, 0.5) is 5.69 Å². The van der Waals surface area contributed by atoms with Crippen molar-refractivity contribution in [3.05, 3.63) is 77.5 Å². The van der Waals surface area contributed by atoms with Gasteiger partial charge in [-0.15, -0.1) is 0 Å². The Hall–Kier alpha value is -3.11. The van der Waals surface area contributed by atoms with E-state index in [1.165, 1.54) is 18.5 Å². The number of pyridine rings is 1. The highest BCUT2D eigenvalue weighted by molar-refractivity contribution is 6.35. The number of aliphatic imine (C=N–C) groups is 1. The third-order valence-electron chi connectivity index (χ3n) is 6.79. The largest absolute Gasteiger partial charge is 0.372 e. The van der Waals surface area contributed by atoms with E-state index in [4.69, 9.17) is 16.6 Å². The number of aromatic nitrogens is 1. The van der Waals surface area contributed by atoms with Gasteiger partial charge < -0.3 is 9.80 Å². The summed E-state index contributed by atoms with van der Waals surface area (Å²) in [6, 6.07) is 14.4. The number of benzene rings is 2. The average Bonchev–Trinajstić information content (AvgIpc) is 2.93. The topological polar surface area (TPSA) is 31.7 Å². The first-order valence-corrected chi connectivity index (χ1v) is 13.9. The maximum atomic E-state index is 6.69. The Morgan fingerprint density at radius 3 is 2.41 bits per heavy atom. The number of hydrogen-bond acceptors (Lipinski definition) is 4. The fourth-order valence-electron chi connectivity index (χ4n) is 4.57. The molecule has 5 heteroatoms. The van der Waals surface area contributed by atoms with E-state index < -0.39 is 0 Å². The number of nitrogens with zero attached hydrogens (tertiary/aromatic N) is 4. The molecule has 196 valence electrons. The molecular formula is C32H41ClN4. The zero-order valence-electron chi connectivity index (χ0n) is 23.1. The van der Waals surface area contributed by atoms with Crippen molar-refractivity contribution in [2.75, 3.05) is 26.2 Å². The normalized spacial score (nSPS) is 13.6. The van der Waals surface area contributed by atoms with Gasteiger partial charge in [0.2, 0.25) is 0 Å². The summed E-state index contributed by atoms with van der Waals surface area (Å²) in [6.45, 7) is 22.8. The van der Waals surface area contributed by atoms with Crippen LogP contribution in [-0.4, -0.2) is 47.2 Å². The lowest BCUT2D eigenvalue weighted by molar-refractivity contribution is 0.209. The lowest BCUT2D eigenvalue weighted by atomic mass is 10.0. The van der Waals surface area contributed by atoms with Gasteiger partial charge in [-0.2, -0.15) is 0 Å². The molecule has 1 saturated heterocycles. The summed E-state index contributed by atoms with van der Waals surface area (Å²) in [5.74, 6) is 0. The van der Waals surface area contributed by atoms with E-state index in [9.17, 15) is 0 Å². The van der Waals surface area contributed by atoms with Crippen LogP contribution < -0.4 is 0 Å². The van der Waals surface area contributed by atoms with Crippen LogP contribution in [0.3, 0.4) is 0 Å². The van der Waals surface area contributed by atoms with Crippen LogP contribution in [0.2, 0.25) is 5.02 Å². The molecule has 0 bridgehead atoms. The molecule has 0 radical (unpaired) electrons. The number of aryl methyl sites for hydroxylation is 1. The van der Waals surface area contributed by atoms with E-state index in [-0.39, 0.29) is 0 Å². The SMILES string of the molecule is C=C(CCCC)N1CCN(C(=C)c2ccc3c(Cl)cc(-c4ccc(C)c(N=CC)c4)nc3c2)CC1.CC. The maximum absolute atomic E-state index is 6.69. The van der Waals surface area contributed by atoms with Crippen molar-refractivity contribution in [2.24, 2.45) is 4.99 Å². The van der Waals surface area contributed by atoms with E-state index in [2.05, 4.69) is 78.2 Å². The summed E-state index contributed by atoms with van der Waals surface area (Å²) in [7, 11) is 0. The molecule has 0 saturated carbocycles. The van der Waals surface area contributed by atoms with Gasteiger partial charge in [-0.05, 0) is 56.0 Å². The number of hydrogen-bond donors (Lipinski definition) is 0. The third kappa shape index (κ3) is 6.81. The first-order chi connectivity index (χ1) is 17.9. The van der Waals surface area contributed by atoms with Gasteiger partial charge in [0, 0.05) is 54.7 Å². The monoisotopic (exact) mass is 516 g/mol. The van der Waals surface area contributed by atoms with E-state index in [1.807, 2.05) is 33.1 Å². The average molecular weight is 517 g/mol. The molecule has 3 aromatic rings. The lowest BCUT2D eigenvalue weighted by Gasteiger charge is -2.39. The maximum Gasteiger partial charge on any atom is 0.0731 e. The molecule has 0 unspecified atom stereocenters. The second-order valence-electron chi connectivity index (χ2n) is 9.20. The van der Waals surface area contributed by atoms with Gasteiger partial charge in [0.1, 0.15) is 0 Å². The summed E-state index contributed by atoms with van der Waals surface area (Å²) in [6.07, 6.45) is 5.31. The second kappa shape index (κ2) is 13.4. The van der Waals surface area contributed by atoms with Crippen LogP contribution in [0.25, 0.3) is 27.9 Å². The van der Waals surface area contributed by atoms with Crippen molar-refractivity contribution in [1.29, 1.82) is 0 Å². The van der Waals surface area contributed by atoms with Crippen LogP contribution in [0.15, 0.2) is 66.3 Å². The molecule has 0 spiro atoms. The third-order valence-corrected chi connectivity index (χ3v) is 7.11. The minimum absolute atomic E-state index is 0.697. The predicted octanol–water partition coefficient (Wildman–Crippen LogP) is 8.90. The fourth-order valence-corrected chi connectivity index (χ4v) is 4.84. The van der Waals surface area contributed by atoms with E-state index >= 15 is 0 Å². The molecule has 2 aromatic carbocycles. The first-order valence-electron chi connectivity index (χ1n) is 13.5. The van der Waals surface area contributed by atoms with Crippen LogP contribution in [0, 0.1) is 6.92 Å². The van der Waals surface area contributed by atoms with Gasteiger partial charge in [0.05, 0.1) is 21.9 Å². The van der Waals surface area contributed by atoms with Gasteiger partial charge in [0.25, 0.3) is 0 Å². The quantitative estimate of drug-likeness (QED) is 0.280. The predicted molar refractivity (Wildman–Crippen MR) is 163 cm³/mol. The standard InChI is InChI=1S/C30H35ClN4.C2H6/c1-6-8-9-22(4)34-14-16-35(17-15-34)23(5)24-12-13-26-27(31)20-29(33-30(26)18-24)25-11-10-21(3)28(19-25)32-7-2;1-2/h7,10-13,18-20H,4-6,8-9,14-17H2,1-3H3;1-2H3. The van der Waals surface area contributed by atoms with Gasteiger partial charge >= 0.3 is 0 Å². The fraction of sp³-hybridized carbons (Fsp3) is 0.375. The van der Waals surface area contributed by atoms with Crippen molar-refractivity contribution in [1.82, 2.24) is 14.8 Å². The molecule has 4 rings (SSSR count). The van der Waals surface area contributed by atoms with E-state index in [1.54, 1.807) is 0 Å². The van der Waals surface area contributed by atoms with E-state index in [0.717, 1.165) is 77.3 Å². The number of fused-ring (bicyclic) bond motifs is 1. The molecule has 0 aliphatic carbocycles. The number of unbranched alkanes of at least 4 members (excludes halogenated alkanes) is 1. The molecule has 4 nitrogen and oxygen atoms in total. The zero-order valence-corrected chi connectivity index (χ0v) is 23.9. The van der Waals surface area contributed by atoms with Crippen LogP contribution >= 0.6 is 11.6 Å².